The topological polar surface area (TPSA) is 103 Å². The summed E-state index contributed by atoms with van der Waals surface area (Å²) < 4.78 is 11.3. The van der Waals surface area contributed by atoms with Gasteiger partial charge in [0.05, 0.1) is 18.1 Å². The van der Waals surface area contributed by atoms with Gasteiger partial charge in [-0.15, -0.1) is 0 Å². The van der Waals surface area contributed by atoms with Crippen molar-refractivity contribution in [1.29, 1.82) is 0 Å². The number of Topliss-reactive ketones (excluding diaryl/α,β-unsaturated/α-hetero) is 1. The van der Waals surface area contributed by atoms with Gasteiger partial charge in [-0.1, -0.05) is 24.3 Å². The molecule has 0 aromatic heterocycles. The molecule has 0 saturated carbocycles. The number of nitrogens with zero attached hydrogens (tertiary/aromatic N) is 1. The van der Waals surface area contributed by atoms with Crippen LogP contribution in [0.25, 0.3) is 0 Å². The summed E-state index contributed by atoms with van der Waals surface area (Å²) >= 11 is 5.31. The van der Waals surface area contributed by atoms with Crippen molar-refractivity contribution in [2.45, 2.75) is 38.8 Å². The Labute approximate surface area is 190 Å². The van der Waals surface area contributed by atoms with Crippen LogP contribution in [0.1, 0.15) is 42.0 Å². The molecule has 4 rings (SSSR count). The molecule has 0 saturated heterocycles. The van der Waals surface area contributed by atoms with E-state index >= 15 is 0 Å². The SMILES string of the molecule is COc1cc(C2NC(=S)NC3=C2C(=O)CCC3)cc([N+](=O)[O-])c1OCc1ccccc1C. The molecule has 0 radical (unpaired) electrons. The van der Waals surface area contributed by atoms with Crippen LogP contribution in [0.15, 0.2) is 47.7 Å². The largest absolute Gasteiger partial charge is 0.493 e. The number of ether oxygens (including phenoxy) is 2. The van der Waals surface area contributed by atoms with Crippen LogP contribution in [0, 0.1) is 17.0 Å². The van der Waals surface area contributed by atoms with Gasteiger partial charge >= 0.3 is 5.69 Å². The van der Waals surface area contributed by atoms with Crippen molar-refractivity contribution in [1.82, 2.24) is 10.6 Å². The molecule has 2 aromatic carbocycles. The molecule has 9 heteroatoms. The molecule has 1 aliphatic heterocycles. The van der Waals surface area contributed by atoms with Gasteiger partial charge in [0.1, 0.15) is 6.61 Å². The van der Waals surface area contributed by atoms with E-state index in [0.29, 0.717) is 29.1 Å². The Hall–Kier alpha value is -3.46. The minimum Gasteiger partial charge on any atom is -0.493 e. The minimum atomic E-state index is -0.593. The van der Waals surface area contributed by atoms with Crippen molar-refractivity contribution in [3.05, 3.63) is 74.5 Å². The van der Waals surface area contributed by atoms with E-state index in [-0.39, 0.29) is 29.6 Å². The van der Waals surface area contributed by atoms with Crippen LogP contribution < -0.4 is 20.1 Å². The number of carbonyl (C=O) groups is 1. The highest BCUT2D eigenvalue weighted by Crippen LogP contribution is 2.43. The third-order valence-electron chi connectivity index (χ3n) is 5.73. The van der Waals surface area contributed by atoms with Gasteiger partial charge in [-0.2, -0.15) is 0 Å². The summed E-state index contributed by atoms with van der Waals surface area (Å²) in [6, 6.07) is 10.2. The molecule has 2 aromatic rings. The fourth-order valence-corrected chi connectivity index (χ4v) is 4.33. The highest BCUT2D eigenvalue weighted by atomic mass is 32.1. The zero-order chi connectivity index (χ0) is 22.8. The number of rotatable bonds is 6. The third-order valence-corrected chi connectivity index (χ3v) is 5.95. The van der Waals surface area contributed by atoms with Crippen molar-refractivity contribution in [2.75, 3.05) is 7.11 Å². The lowest BCUT2D eigenvalue weighted by Gasteiger charge is -2.33. The van der Waals surface area contributed by atoms with E-state index in [9.17, 15) is 14.9 Å². The normalized spacial score (nSPS) is 17.9. The lowest BCUT2D eigenvalue weighted by Crippen LogP contribution is -2.46. The van der Waals surface area contributed by atoms with Crippen LogP contribution in [0.3, 0.4) is 0 Å². The highest BCUT2D eigenvalue weighted by molar-refractivity contribution is 7.80. The first-order chi connectivity index (χ1) is 15.4. The molecule has 8 nitrogen and oxygen atoms in total. The van der Waals surface area contributed by atoms with E-state index in [0.717, 1.165) is 23.2 Å². The molecule has 0 amide bonds. The molecular formula is C23H23N3O5S. The minimum absolute atomic E-state index is 0.000231. The average molecular weight is 454 g/mol. The van der Waals surface area contributed by atoms with Gasteiger partial charge in [-0.25, -0.2) is 0 Å². The van der Waals surface area contributed by atoms with Crippen molar-refractivity contribution in [3.63, 3.8) is 0 Å². The lowest BCUT2D eigenvalue weighted by atomic mass is 9.85. The number of methoxy groups -OCH3 is 1. The molecule has 1 aliphatic carbocycles. The van der Waals surface area contributed by atoms with Gasteiger partial charge in [0, 0.05) is 23.8 Å². The van der Waals surface area contributed by atoms with Crippen LogP contribution in [0.4, 0.5) is 5.69 Å². The van der Waals surface area contributed by atoms with E-state index in [2.05, 4.69) is 10.6 Å². The van der Waals surface area contributed by atoms with Crippen LogP contribution in [-0.4, -0.2) is 22.9 Å². The fraction of sp³-hybridized carbons (Fsp3) is 0.304. The second-order valence-electron chi connectivity index (χ2n) is 7.74. The number of hydrogen-bond acceptors (Lipinski definition) is 6. The van der Waals surface area contributed by atoms with E-state index in [1.807, 2.05) is 31.2 Å². The van der Waals surface area contributed by atoms with Crippen molar-refractivity contribution in [2.24, 2.45) is 0 Å². The van der Waals surface area contributed by atoms with Crippen LogP contribution >= 0.6 is 12.2 Å². The Bertz CT molecular complexity index is 1140. The molecule has 0 bridgehead atoms. The van der Waals surface area contributed by atoms with Gasteiger partial charge in [-0.3, -0.25) is 14.9 Å². The number of aryl methyl sites for hydroxylation is 1. The highest BCUT2D eigenvalue weighted by Gasteiger charge is 2.35. The first-order valence-corrected chi connectivity index (χ1v) is 10.7. The summed E-state index contributed by atoms with van der Waals surface area (Å²) in [6.45, 7) is 2.11. The summed E-state index contributed by atoms with van der Waals surface area (Å²) in [5.41, 5.74) is 3.56. The number of thiocarbonyl (C=S) groups is 1. The summed E-state index contributed by atoms with van der Waals surface area (Å²) in [5.74, 6) is 0.268. The van der Waals surface area contributed by atoms with E-state index in [1.165, 1.54) is 13.2 Å². The lowest BCUT2D eigenvalue weighted by molar-refractivity contribution is -0.386. The molecule has 2 aliphatic rings. The average Bonchev–Trinajstić information content (AvgIpc) is 2.77. The standard InChI is InChI=1S/C23H23N3O5S/c1-13-6-3-4-7-14(13)12-31-22-17(26(28)29)10-15(11-19(22)30-2)21-20-16(24-23(32)25-21)8-5-9-18(20)27/h3-4,6-7,10-11,21H,5,8-9,12H2,1-2H3,(H2,24,25,32). The summed E-state index contributed by atoms with van der Waals surface area (Å²) in [7, 11) is 1.43. The van der Waals surface area contributed by atoms with Crippen molar-refractivity contribution in [3.8, 4) is 11.5 Å². The number of hydrogen-bond donors (Lipinski definition) is 2. The van der Waals surface area contributed by atoms with Crippen molar-refractivity contribution < 1.29 is 19.2 Å². The maximum atomic E-state index is 12.7. The maximum Gasteiger partial charge on any atom is 0.315 e. The van der Waals surface area contributed by atoms with Crippen LogP contribution in [-0.2, 0) is 11.4 Å². The zero-order valence-corrected chi connectivity index (χ0v) is 18.6. The predicted octanol–water partition coefficient (Wildman–Crippen LogP) is 4.02. The Morgan fingerprint density at radius 1 is 1.25 bits per heavy atom. The summed E-state index contributed by atoms with van der Waals surface area (Å²) in [5, 5.41) is 18.5. The summed E-state index contributed by atoms with van der Waals surface area (Å²) in [4.78, 5) is 24.1. The van der Waals surface area contributed by atoms with Crippen LogP contribution in [0.2, 0.25) is 0 Å². The monoisotopic (exact) mass is 453 g/mol. The van der Waals surface area contributed by atoms with E-state index < -0.39 is 11.0 Å². The number of carbonyl (C=O) groups excluding carboxylic acids is 1. The van der Waals surface area contributed by atoms with E-state index in [4.69, 9.17) is 21.7 Å². The maximum absolute atomic E-state index is 12.7. The second-order valence-corrected chi connectivity index (χ2v) is 8.15. The number of nitro groups is 1. The van der Waals surface area contributed by atoms with Gasteiger partial charge in [0.15, 0.2) is 16.6 Å². The fourth-order valence-electron chi connectivity index (χ4n) is 4.08. The molecule has 1 heterocycles. The number of benzene rings is 2. The number of ketones is 1. The van der Waals surface area contributed by atoms with Gasteiger partial charge < -0.3 is 20.1 Å². The third kappa shape index (κ3) is 4.16. The van der Waals surface area contributed by atoms with E-state index in [1.54, 1.807) is 6.07 Å². The molecule has 0 fully saturated rings. The first-order valence-electron chi connectivity index (χ1n) is 10.3. The van der Waals surface area contributed by atoms with Gasteiger partial charge in [0.2, 0.25) is 5.75 Å². The molecule has 1 unspecified atom stereocenters. The quantitative estimate of drug-likeness (QED) is 0.384. The second kappa shape index (κ2) is 8.96. The van der Waals surface area contributed by atoms with Crippen molar-refractivity contribution >= 4 is 28.8 Å². The molecule has 166 valence electrons. The molecule has 2 N–H and O–H groups in total. The number of nitro benzene ring substituents is 1. The number of nitrogens with one attached hydrogen (secondary N) is 2. The smallest absolute Gasteiger partial charge is 0.315 e. The first kappa shape index (κ1) is 21.8. The summed E-state index contributed by atoms with van der Waals surface area (Å²) in [6.07, 6.45) is 1.88. The zero-order valence-electron chi connectivity index (χ0n) is 17.8. The Kier molecular flexibility index (Phi) is 6.09. The molecule has 32 heavy (non-hydrogen) atoms. The number of allylic oxidation sites excluding steroid dienone is 1. The Morgan fingerprint density at radius 2 is 2.03 bits per heavy atom. The molecule has 0 spiro atoms. The van der Waals surface area contributed by atoms with Gasteiger partial charge in [0.25, 0.3) is 0 Å². The molecule has 1 atom stereocenters. The Balaban J connectivity index is 1.76. The predicted molar refractivity (Wildman–Crippen MR) is 123 cm³/mol. The van der Waals surface area contributed by atoms with Crippen LogP contribution in [0.5, 0.6) is 11.5 Å². The molecular weight excluding hydrogens is 430 g/mol. The van der Waals surface area contributed by atoms with Gasteiger partial charge in [-0.05, 0) is 54.7 Å². The Morgan fingerprint density at radius 3 is 2.75 bits per heavy atom.